The van der Waals surface area contributed by atoms with Gasteiger partial charge in [-0.25, -0.2) is 0 Å². The van der Waals surface area contributed by atoms with Crippen LogP contribution >= 0.6 is 0 Å². The summed E-state index contributed by atoms with van der Waals surface area (Å²) in [6, 6.07) is 6.42. The molecule has 34 heavy (non-hydrogen) atoms. The van der Waals surface area contributed by atoms with Crippen LogP contribution in [0, 0.1) is 0 Å². The van der Waals surface area contributed by atoms with Crippen molar-refractivity contribution in [2.75, 3.05) is 14.2 Å². The van der Waals surface area contributed by atoms with Gasteiger partial charge < -0.3 is 48.9 Å². The molecular formula is C23H24O11. The first-order valence-corrected chi connectivity index (χ1v) is 10.3. The zero-order valence-corrected chi connectivity index (χ0v) is 18.5. The van der Waals surface area contributed by atoms with Crippen molar-refractivity contribution in [2.45, 2.75) is 37.6 Å². The zero-order valence-electron chi connectivity index (χ0n) is 18.5. The quantitative estimate of drug-likeness (QED) is 0.357. The SMILES string of the molecule is COc1cc(-c2cc(=O)c3c(O[C@@H]4O[C@@H](C)[C@H](O)[C@@H](O)[C@H]4O)cc(O)cc3o2)cc(OC)c1O. The highest BCUT2D eigenvalue weighted by atomic mass is 16.7. The first-order valence-electron chi connectivity index (χ1n) is 10.3. The average molecular weight is 476 g/mol. The highest BCUT2D eigenvalue weighted by Crippen LogP contribution is 2.41. The van der Waals surface area contributed by atoms with Crippen LogP contribution in [0.3, 0.4) is 0 Å². The third-order valence-electron chi connectivity index (χ3n) is 5.60. The first-order chi connectivity index (χ1) is 16.1. The second-order valence-corrected chi connectivity index (χ2v) is 7.82. The summed E-state index contributed by atoms with van der Waals surface area (Å²) < 4.78 is 27.2. The number of phenolic OH excluding ortho intramolecular Hbond substituents is 2. The highest BCUT2D eigenvalue weighted by molar-refractivity contribution is 5.86. The number of aliphatic hydroxyl groups is 3. The summed E-state index contributed by atoms with van der Waals surface area (Å²) in [4.78, 5) is 13.1. The Morgan fingerprint density at radius 1 is 0.853 bits per heavy atom. The van der Waals surface area contributed by atoms with Gasteiger partial charge in [-0.2, -0.15) is 0 Å². The second kappa shape index (κ2) is 9.03. The van der Waals surface area contributed by atoms with E-state index in [0.717, 1.165) is 6.07 Å². The van der Waals surface area contributed by atoms with E-state index in [1.807, 2.05) is 0 Å². The van der Waals surface area contributed by atoms with Gasteiger partial charge >= 0.3 is 0 Å². The Bertz CT molecular complexity index is 1240. The Morgan fingerprint density at radius 2 is 1.50 bits per heavy atom. The lowest BCUT2D eigenvalue weighted by molar-refractivity contribution is -0.267. The normalized spacial score (nSPS) is 24.7. The number of benzene rings is 2. The van der Waals surface area contributed by atoms with Crippen molar-refractivity contribution in [2.24, 2.45) is 0 Å². The summed E-state index contributed by atoms with van der Waals surface area (Å²) in [5, 5.41) is 50.4. The standard InChI is InChI=1S/C23H24O11/c1-9-19(26)21(28)22(29)23(32-9)34-15-7-11(24)6-14-18(15)12(25)8-13(33-14)10-4-16(30-2)20(27)17(5-10)31-3/h4-9,19,21-24,26-29H,1-3H3/t9-,19-,21+,22+,23-/m0/s1. The maximum Gasteiger partial charge on any atom is 0.229 e. The zero-order chi connectivity index (χ0) is 24.7. The molecule has 182 valence electrons. The highest BCUT2D eigenvalue weighted by Gasteiger charge is 2.43. The number of aromatic hydroxyl groups is 2. The van der Waals surface area contributed by atoms with E-state index in [0.29, 0.717) is 5.56 Å². The number of hydrogen-bond acceptors (Lipinski definition) is 11. The van der Waals surface area contributed by atoms with Crippen molar-refractivity contribution in [3.05, 3.63) is 40.6 Å². The van der Waals surface area contributed by atoms with Gasteiger partial charge in [0.1, 0.15) is 46.5 Å². The average Bonchev–Trinajstić information content (AvgIpc) is 2.80. The number of ether oxygens (including phenoxy) is 4. The molecule has 1 fully saturated rings. The molecule has 1 aromatic heterocycles. The third-order valence-corrected chi connectivity index (χ3v) is 5.60. The molecule has 4 rings (SSSR count). The van der Waals surface area contributed by atoms with E-state index in [9.17, 15) is 30.3 Å². The lowest BCUT2D eigenvalue weighted by atomic mass is 10.00. The van der Waals surface area contributed by atoms with E-state index in [2.05, 4.69) is 0 Å². The largest absolute Gasteiger partial charge is 0.508 e. The fourth-order valence-corrected chi connectivity index (χ4v) is 3.75. The van der Waals surface area contributed by atoms with Crippen molar-refractivity contribution in [3.8, 4) is 40.1 Å². The summed E-state index contributed by atoms with van der Waals surface area (Å²) in [7, 11) is 2.71. The summed E-state index contributed by atoms with van der Waals surface area (Å²) in [6.45, 7) is 1.48. The minimum Gasteiger partial charge on any atom is -0.508 e. The van der Waals surface area contributed by atoms with Crippen molar-refractivity contribution >= 4 is 11.0 Å². The van der Waals surface area contributed by atoms with Crippen LogP contribution in [0.1, 0.15) is 6.92 Å². The smallest absolute Gasteiger partial charge is 0.229 e. The van der Waals surface area contributed by atoms with Crippen LogP contribution in [0.15, 0.2) is 39.5 Å². The maximum absolute atomic E-state index is 13.1. The molecule has 0 radical (unpaired) electrons. The van der Waals surface area contributed by atoms with Gasteiger partial charge in [-0.3, -0.25) is 4.79 Å². The molecule has 11 nitrogen and oxygen atoms in total. The molecule has 1 saturated heterocycles. The lowest BCUT2D eigenvalue weighted by Crippen LogP contribution is -2.58. The maximum atomic E-state index is 13.1. The van der Waals surface area contributed by atoms with Crippen LogP contribution < -0.4 is 19.6 Å². The molecule has 0 bridgehead atoms. The Balaban J connectivity index is 1.79. The Morgan fingerprint density at radius 3 is 2.12 bits per heavy atom. The Labute approximate surface area is 192 Å². The molecule has 0 spiro atoms. The van der Waals surface area contributed by atoms with E-state index in [1.54, 1.807) is 0 Å². The number of methoxy groups -OCH3 is 2. The van der Waals surface area contributed by atoms with Gasteiger partial charge in [-0.1, -0.05) is 0 Å². The molecule has 0 unspecified atom stereocenters. The predicted molar refractivity (Wildman–Crippen MR) is 117 cm³/mol. The number of fused-ring (bicyclic) bond motifs is 1. The van der Waals surface area contributed by atoms with Crippen molar-refractivity contribution in [1.29, 1.82) is 0 Å². The van der Waals surface area contributed by atoms with Crippen LogP contribution in [0.2, 0.25) is 0 Å². The molecular weight excluding hydrogens is 452 g/mol. The molecule has 0 amide bonds. The van der Waals surface area contributed by atoms with Gasteiger partial charge in [0, 0.05) is 23.8 Å². The van der Waals surface area contributed by atoms with Crippen LogP contribution in [-0.4, -0.2) is 70.5 Å². The Kier molecular flexibility index (Phi) is 6.28. The lowest BCUT2D eigenvalue weighted by Gasteiger charge is -2.38. The van der Waals surface area contributed by atoms with Crippen LogP contribution in [0.4, 0.5) is 0 Å². The molecule has 1 aliphatic heterocycles. The van der Waals surface area contributed by atoms with Gasteiger partial charge in [0.2, 0.25) is 12.0 Å². The second-order valence-electron chi connectivity index (χ2n) is 7.82. The van der Waals surface area contributed by atoms with Crippen LogP contribution in [-0.2, 0) is 4.74 Å². The number of hydrogen-bond donors (Lipinski definition) is 5. The van der Waals surface area contributed by atoms with Crippen LogP contribution in [0.5, 0.6) is 28.7 Å². The predicted octanol–water partition coefficient (Wildman–Crippen LogP) is 1.09. The fourth-order valence-electron chi connectivity index (χ4n) is 3.75. The van der Waals surface area contributed by atoms with Gasteiger partial charge in [-0.05, 0) is 19.1 Å². The number of phenols is 2. The molecule has 11 heteroatoms. The molecule has 1 aliphatic rings. The Hall–Kier alpha value is -3.51. The molecule has 5 atom stereocenters. The van der Waals surface area contributed by atoms with E-state index < -0.39 is 36.1 Å². The third kappa shape index (κ3) is 4.10. The van der Waals surface area contributed by atoms with Crippen molar-refractivity contribution in [1.82, 2.24) is 0 Å². The molecule has 3 aromatic rings. The van der Waals surface area contributed by atoms with Gasteiger partial charge in [0.15, 0.2) is 16.9 Å². The number of aliphatic hydroxyl groups excluding tert-OH is 3. The molecule has 2 aromatic carbocycles. The van der Waals surface area contributed by atoms with Crippen molar-refractivity contribution < 1.29 is 48.9 Å². The van der Waals surface area contributed by atoms with E-state index in [1.165, 1.54) is 45.4 Å². The molecule has 0 saturated carbocycles. The fraction of sp³-hybridized carbons (Fsp3) is 0.348. The summed E-state index contributed by atoms with van der Waals surface area (Å²) >= 11 is 0. The van der Waals surface area contributed by atoms with Gasteiger partial charge in [-0.15, -0.1) is 0 Å². The summed E-state index contributed by atoms with van der Waals surface area (Å²) in [5.74, 6) is -0.409. The molecule has 5 N–H and O–H groups in total. The topological polar surface area (TPSA) is 168 Å². The van der Waals surface area contributed by atoms with Gasteiger partial charge in [0.25, 0.3) is 0 Å². The summed E-state index contributed by atoms with van der Waals surface area (Å²) in [5.41, 5.74) is -0.230. The monoisotopic (exact) mass is 476 g/mol. The minimum absolute atomic E-state index is 0.0394. The summed E-state index contributed by atoms with van der Waals surface area (Å²) in [6.07, 6.45) is -6.79. The van der Waals surface area contributed by atoms with E-state index >= 15 is 0 Å². The van der Waals surface area contributed by atoms with E-state index in [4.69, 9.17) is 23.4 Å². The molecule has 0 aliphatic carbocycles. The van der Waals surface area contributed by atoms with Crippen molar-refractivity contribution in [3.63, 3.8) is 0 Å². The van der Waals surface area contributed by atoms with E-state index in [-0.39, 0.29) is 45.5 Å². The molecule has 2 heterocycles. The minimum atomic E-state index is -1.62. The van der Waals surface area contributed by atoms with Crippen LogP contribution in [0.25, 0.3) is 22.3 Å². The number of rotatable bonds is 5. The first kappa shape index (κ1) is 23.6. The van der Waals surface area contributed by atoms with Gasteiger partial charge in [0.05, 0.1) is 20.3 Å².